The van der Waals surface area contributed by atoms with Gasteiger partial charge in [-0.25, -0.2) is 9.67 Å². The Labute approximate surface area is 246 Å². The van der Waals surface area contributed by atoms with Crippen molar-refractivity contribution in [2.45, 2.75) is 69.2 Å². The molecule has 10 heteroatoms. The highest BCUT2D eigenvalue weighted by Crippen LogP contribution is 2.32. The van der Waals surface area contributed by atoms with E-state index < -0.39 is 6.04 Å². The zero-order valence-corrected chi connectivity index (χ0v) is 24.0. The Morgan fingerprint density at radius 2 is 1.71 bits per heavy atom. The zero-order valence-electron chi connectivity index (χ0n) is 23.3. The van der Waals surface area contributed by atoms with Crippen LogP contribution in [0.5, 0.6) is 0 Å². The van der Waals surface area contributed by atoms with Gasteiger partial charge in [0.2, 0.25) is 11.8 Å². The largest absolute Gasteiger partial charge is 0.343 e. The summed E-state index contributed by atoms with van der Waals surface area (Å²) in [5.74, 6) is -0.163. The number of rotatable bonds is 7. The van der Waals surface area contributed by atoms with Crippen LogP contribution in [0.3, 0.4) is 0 Å². The third-order valence-electron chi connectivity index (χ3n) is 8.93. The lowest BCUT2D eigenvalue weighted by molar-refractivity contribution is -0.138. The van der Waals surface area contributed by atoms with E-state index in [9.17, 15) is 9.59 Å². The van der Waals surface area contributed by atoms with Crippen LogP contribution in [0, 0.1) is 0 Å². The second-order valence-corrected chi connectivity index (χ2v) is 11.9. The number of piperazine rings is 1. The molecule has 4 atom stereocenters. The lowest BCUT2D eigenvalue weighted by Crippen LogP contribution is -2.59. The van der Waals surface area contributed by atoms with Crippen molar-refractivity contribution in [2.24, 2.45) is 0 Å². The molecule has 2 aliphatic heterocycles. The molecule has 2 amide bonds. The topological polar surface area (TPSA) is 95.4 Å². The minimum atomic E-state index is -0.647. The molecule has 2 aromatic carbocycles. The van der Waals surface area contributed by atoms with Gasteiger partial charge in [-0.2, -0.15) is 5.10 Å². The van der Waals surface area contributed by atoms with Gasteiger partial charge in [0.25, 0.3) is 0 Å². The SMILES string of the molecule is O=C(N[C@H](Cc1ccc(Cl)cc1)C(=O)N1CCN([C@H]2CCCC[C@@H]2n2cncn2)CC1)C1Cc2ccccc2CN1. The molecule has 216 valence electrons. The molecule has 41 heavy (non-hydrogen) atoms. The molecule has 2 N–H and O–H groups in total. The van der Waals surface area contributed by atoms with E-state index >= 15 is 0 Å². The number of hydrogen-bond donors (Lipinski definition) is 2. The minimum absolute atomic E-state index is 0.0272. The summed E-state index contributed by atoms with van der Waals surface area (Å²) in [5.41, 5.74) is 3.36. The molecule has 2 fully saturated rings. The first-order chi connectivity index (χ1) is 20.0. The number of fused-ring (bicyclic) bond motifs is 1. The number of hydrogen-bond acceptors (Lipinski definition) is 6. The predicted octanol–water partition coefficient (Wildman–Crippen LogP) is 3.00. The smallest absolute Gasteiger partial charge is 0.245 e. The summed E-state index contributed by atoms with van der Waals surface area (Å²) < 4.78 is 2.01. The first-order valence-electron chi connectivity index (χ1n) is 14.8. The van der Waals surface area contributed by atoms with Crippen LogP contribution in [-0.2, 0) is 29.0 Å². The van der Waals surface area contributed by atoms with Crippen LogP contribution >= 0.6 is 11.6 Å². The van der Waals surface area contributed by atoms with Crippen molar-refractivity contribution in [1.29, 1.82) is 0 Å². The molecule has 3 aliphatic rings. The van der Waals surface area contributed by atoms with Crippen molar-refractivity contribution in [3.05, 3.63) is 82.9 Å². The first kappa shape index (κ1) is 27.9. The minimum Gasteiger partial charge on any atom is -0.343 e. The predicted molar refractivity (Wildman–Crippen MR) is 157 cm³/mol. The van der Waals surface area contributed by atoms with E-state index in [1.54, 1.807) is 6.33 Å². The average Bonchev–Trinajstić information content (AvgIpc) is 3.56. The fourth-order valence-corrected chi connectivity index (χ4v) is 6.80. The second kappa shape index (κ2) is 12.7. The molecule has 0 radical (unpaired) electrons. The molecular formula is C31H38ClN7O2. The van der Waals surface area contributed by atoms with Crippen molar-refractivity contribution < 1.29 is 9.59 Å². The maximum Gasteiger partial charge on any atom is 0.245 e. The Balaban J connectivity index is 1.12. The Hall–Kier alpha value is -3.27. The number of benzene rings is 2. The van der Waals surface area contributed by atoms with E-state index in [-0.39, 0.29) is 17.9 Å². The Morgan fingerprint density at radius 3 is 2.44 bits per heavy atom. The van der Waals surface area contributed by atoms with E-state index in [4.69, 9.17) is 11.6 Å². The van der Waals surface area contributed by atoms with Gasteiger partial charge < -0.3 is 15.5 Å². The molecule has 6 rings (SSSR count). The van der Waals surface area contributed by atoms with Crippen LogP contribution in [0.25, 0.3) is 0 Å². The quantitative estimate of drug-likeness (QED) is 0.450. The lowest BCUT2D eigenvalue weighted by atomic mass is 9.89. The van der Waals surface area contributed by atoms with Gasteiger partial charge >= 0.3 is 0 Å². The summed E-state index contributed by atoms with van der Waals surface area (Å²) >= 11 is 6.11. The Morgan fingerprint density at radius 1 is 0.976 bits per heavy atom. The number of carbonyl (C=O) groups excluding carboxylic acids is 2. The van der Waals surface area contributed by atoms with Crippen LogP contribution in [0.2, 0.25) is 5.02 Å². The van der Waals surface area contributed by atoms with Crippen molar-refractivity contribution >= 4 is 23.4 Å². The molecule has 0 spiro atoms. The number of carbonyl (C=O) groups is 2. The van der Waals surface area contributed by atoms with Gasteiger partial charge in [-0.3, -0.25) is 14.5 Å². The van der Waals surface area contributed by atoms with Gasteiger partial charge in [0.1, 0.15) is 18.7 Å². The van der Waals surface area contributed by atoms with Crippen molar-refractivity contribution in [3.63, 3.8) is 0 Å². The lowest BCUT2D eigenvalue weighted by Gasteiger charge is -2.44. The fraction of sp³-hybridized carbons (Fsp3) is 0.484. The molecule has 3 aromatic rings. The zero-order chi connectivity index (χ0) is 28.2. The number of nitrogens with one attached hydrogen (secondary N) is 2. The van der Waals surface area contributed by atoms with Gasteiger partial charge in [-0.1, -0.05) is 60.8 Å². The van der Waals surface area contributed by atoms with Crippen LogP contribution in [0.4, 0.5) is 0 Å². The standard InChI is InChI=1S/C31H38ClN7O2/c32-25-11-9-22(10-12-25)17-27(36-30(40)26-18-23-5-1-2-6-24(23)19-34-26)31(41)38-15-13-37(14-16-38)28-7-3-4-8-29(28)39-21-33-20-35-39/h1-2,5-6,9-12,20-21,26-29,34H,3-4,7-8,13-19H2,(H,36,40)/t26?,27-,28+,29+/m1/s1. The summed E-state index contributed by atoms with van der Waals surface area (Å²) in [6, 6.07) is 15.4. The highest BCUT2D eigenvalue weighted by atomic mass is 35.5. The van der Waals surface area contributed by atoms with Gasteiger partial charge in [0.15, 0.2) is 0 Å². The molecule has 1 saturated carbocycles. The van der Waals surface area contributed by atoms with Gasteiger partial charge in [-0.05, 0) is 48.1 Å². The van der Waals surface area contributed by atoms with Crippen molar-refractivity contribution in [1.82, 2.24) is 35.2 Å². The maximum absolute atomic E-state index is 13.9. The molecule has 1 aliphatic carbocycles. The third-order valence-corrected chi connectivity index (χ3v) is 9.18. The first-order valence-corrected chi connectivity index (χ1v) is 15.1. The second-order valence-electron chi connectivity index (χ2n) is 11.5. The summed E-state index contributed by atoms with van der Waals surface area (Å²) in [5, 5.41) is 11.6. The number of nitrogens with zero attached hydrogens (tertiary/aromatic N) is 5. The highest BCUT2D eigenvalue weighted by molar-refractivity contribution is 6.30. The van der Waals surface area contributed by atoms with Crippen LogP contribution in [-0.4, -0.2) is 80.7 Å². The maximum atomic E-state index is 13.9. The summed E-state index contributed by atoms with van der Waals surface area (Å²) in [7, 11) is 0. The average molecular weight is 576 g/mol. The molecular weight excluding hydrogens is 538 g/mol. The molecule has 9 nitrogen and oxygen atoms in total. The monoisotopic (exact) mass is 575 g/mol. The number of halogens is 1. The van der Waals surface area contributed by atoms with Crippen LogP contribution in [0.15, 0.2) is 61.2 Å². The Bertz CT molecular complexity index is 1320. The van der Waals surface area contributed by atoms with Crippen molar-refractivity contribution in [3.8, 4) is 0 Å². The van der Waals surface area contributed by atoms with E-state index in [0.29, 0.717) is 49.6 Å². The summed E-state index contributed by atoms with van der Waals surface area (Å²) in [6.45, 7) is 3.54. The number of aromatic nitrogens is 3. The van der Waals surface area contributed by atoms with Crippen LogP contribution in [0.1, 0.15) is 48.4 Å². The van der Waals surface area contributed by atoms with E-state index in [1.165, 1.54) is 24.0 Å². The van der Waals surface area contributed by atoms with E-state index in [1.807, 2.05) is 52.3 Å². The summed E-state index contributed by atoms with van der Waals surface area (Å²) in [6.07, 6.45) is 9.11. The highest BCUT2D eigenvalue weighted by Gasteiger charge is 2.36. The Kier molecular flexibility index (Phi) is 8.64. The molecule has 1 saturated heterocycles. The van der Waals surface area contributed by atoms with Gasteiger partial charge in [0, 0.05) is 50.2 Å². The van der Waals surface area contributed by atoms with Gasteiger partial charge in [-0.15, -0.1) is 0 Å². The van der Waals surface area contributed by atoms with Crippen molar-refractivity contribution in [2.75, 3.05) is 26.2 Å². The molecule has 0 bridgehead atoms. The van der Waals surface area contributed by atoms with E-state index in [2.05, 4.69) is 37.7 Å². The fourth-order valence-electron chi connectivity index (χ4n) is 6.68. The van der Waals surface area contributed by atoms with E-state index in [0.717, 1.165) is 31.5 Å². The molecule has 1 aromatic heterocycles. The number of amides is 2. The van der Waals surface area contributed by atoms with Gasteiger partial charge in [0.05, 0.1) is 12.1 Å². The molecule has 3 heterocycles. The third kappa shape index (κ3) is 6.47. The summed E-state index contributed by atoms with van der Waals surface area (Å²) in [4.78, 5) is 36.0. The van der Waals surface area contributed by atoms with Crippen LogP contribution < -0.4 is 10.6 Å². The molecule has 1 unspecified atom stereocenters. The normalized spacial score (nSPS) is 23.9.